The first-order valence-electron chi connectivity index (χ1n) is 6.67. The molecule has 1 fully saturated rings. The summed E-state index contributed by atoms with van der Waals surface area (Å²) in [5.74, 6) is 1.22. The fraction of sp³-hybridized carbons (Fsp3) is 0.769. The zero-order chi connectivity index (χ0) is 12.1. The first kappa shape index (κ1) is 13.0. The normalized spacial score (nSPS) is 20.6. The van der Waals surface area contributed by atoms with Crippen LogP contribution in [0.5, 0.6) is 0 Å². The van der Waals surface area contributed by atoms with Gasteiger partial charge in [-0.3, -0.25) is 0 Å². The first-order valence-corrected chi connectivity index (χ1v) is 7.55. The molecule has 2 rings (SSSR count). The van der Waals surface area contributed by atoms with E-state index in [0.717, 1.165) is 12.5 Å². The summed E-state index contributed by atoms with van der Waals surface area (Å²) in [6.45, 7) is 6.72. The zero-order valence-corrected chi connectivity index (χ0v) is 11.5. The molecule has 17 heavy (non-hydrogen) atoms. The number of nitrogens with zero attached hydrogens (tertiary/aromatic N) is 2. The van der Waals surface area contributed by atoms with E-state index in [1.165, 1.54) is 43.9 Å². The van der Waals surface area contributed by atoms with Gasteiger partial charge in [0, 0.05) is 24.0 Å². The summed E-state index contributed by atoms with van der Waals surface area (Å²) >= 11 is 1.76. The second-order valence-electron chi connectivity index (χ2n) is 4.89. The van der Waals surface area contributed by atoms with Crippen molar-refractivity contribution >= 4 is 11.3 Å². The molecule has 0 amide bonds. The SMILES string of the molecule is CCCN1CCC(C(CN)c2nccs2)CC1. The van der Waals surface area contributed by atoms with Crippen LogP contribution in [0.2, 0.25) is 0 Å². The molecule has 0 saturated carbocycles. The molecule has 0 spiro atoms. The molecule has 1 aliphatic rings. The van der Waals surface area contributed by atoms with Crippen molar-refractivity contribution in [1.29, 1.82) is 0 Å². The molecule has 1 aromatic heterocycles. The van der Waals surface area contributed by atoms with Gasteiger partial charge in [0.2, 0.25) is 0 Å². The van der Waals surface area contributed by atoms with Crippen LogP contribution in [0.3, 0.4) is 0 Å². The average Bonchev–Trinajstić information content (AvgIpc) is 2.86. The third-order valence-electron chi connectivity index (χ3n) is 3.76. The lowest BCUT2D eigenvalue weighted by atomic mass is 9.84. The van der Waals surface area contributed by atoms with E-state index in [0.29, 0.717) is 5.92 Å². The molecule has 1 unspecified atom stereocenters. The minimum Gasteiger partial charge on any atom is -0.330 e. The third kappa shape index (κ3) is 3.27. The second-order valence-corrected chi connectivity index (χ2v) is 5.82. The van der Waals surface area contributed by atoms with Gasteiger partial charge in [0.25, 0.3) is 0 Å². The van der Waals surface area contributed by atoms with E-state index in [4.69, 9.17) is 5.73 Å². The molecular weight excluding hydrogens is 230 g/mol. The Morgan fingerprint density at radius 2 is 2.29 bits per heavy atom. The predicted octanol–water partition coefficient (Wildman–Crippen LogP) is 2.31. The van der Waals surface area contributed by atoms with Gasteiger partial charge in [-0.15, -0.1) is 11.3 Å². The molecule has 96 valence electrons. The van der Waals surface area contributed by atoms with Crippen LogP contribution in [0, 0.1) is 5.92 Å². The Morgan fingerprint density at radius 3 is 2.82 bits per heavy atom. The number of thiazole rings is 1. The molecule has 0 bridgehead atoms. The summed E-state index contributed by atoms with van der Waals surface area (Å²) < 4.78 is 0. The Labute approximate surface area is 108 Å². The standard InChI is InChI=1S/C13H23N3S/c1-2-6-16-7-3-11(4-8-16)12(10-14)13-15-5-9-17-13/h5,9,11-12H,2-4,6-8,10,14H2,1H3. The number of piperidine rings is 1. The summed E-state index contributed by atoms with van der Waals surface area (Å²) in [4.78, 5) is 7.02. The van der Waals surface area contributed by atoms with Crippen molar-refractivity contribution < 1.29 is 0 Å². The topological polar surface area (TPSA) is 42.1 Å². The minimum absolute atomic E-state index is 0.485. The fourth-order valence-corrected chi connectivity index (χ4v) is 3.65. The number of likely N-dealkylation sites (tertiary alicyclic amines) is 1. The lowest BCUT2D eigenvalue weighted by Crippen LogP contribution is -2.37. The summed E-state index contributed by atoms with van der Waals surface area (Å²) in [6, 6.07) is 0. The van der Waals surface area contributed by atoms with Crippen LogP contribution < -0.4 is 5.73 Å². The molecule has 1 aliphatic heterocycles. The van der Waals surface area contributed by atoms with Crippen LogP contribution in [0.15, 0.2) is 11.6 Å². The summed E-state index contributed by atoms with van der Waals surface area (Å²) in [7, 11) is 0. The summed E-state index contributed by atoms with van der Waals surface area (Å²) in [5.41, 5.74) is 5.94. The van der Waals surface area contributed by atoms with Gasteiger partial charge in [-0.2, -0.15) is 0 Å². The van der Waals surface area contributed by atoms with Gasteiger partial charge >= 0.3 is 0 Å². The van der Waals surface area contributed by atoms with Crippen molar-refractivity contribution in [2.24, 2.45) is 11.7 Å². The number of nitrogens with two attached hydrogens (primary N) is 1. The maximum Gasteiger partial charge on any atom is 0.0971 e. The Morgan fingerprint density at radius 1 is 1.53 bits per heavy atom. The quantitative estimate of drug-likeness (QED) is 0.875. The van der Waals surface area contributed by atoms with Gasteiger partial charge in [0.15, 0.2) is 0 Å². The molecule has 1 atom stereocenters. The van der Waals surface area contributed by atoms with E-state index >= 15 is 0 Å². The van der Waals surface area contributed by atoms with Gasteiger partial charge in [-0.05, 0) is 44.8 Å². The summed E-state index contributed by atoms with van der Waals surface area (Å²) in [5, 5.41) is 3.30. The molecule has 3 nitrogen and oxygen atoms in total. The van der Waals surface area contributed by atoms with Crippen LogP contribution >= 0.6 is 11.3 Å². The first-order chi connectivity index (χ1) is 8.35. The highest BCUT2D eigenvalue weighted by atomic mass is 32.1. The molecule has 0 aromatic carbocycles. The molecule has 4 heteroatoms. The van der Waals surface area contributed by atoms with Gasteiger partial charge in [0.1, 0.15) is 0 Å². The highest BCUT2D eigenvalue weighted by Gasteiger charge is 2.27. The van der Waals surface area contributed by atoms with Crippen LogP contribution in [-0.4, -0.2) is 36.1 Å². The highest BCUT2D eigenvalue weighted by molar-refractivity contribution is 7.09. The van der Waals surface area contributed by atoms with Gasteiger partial charge in [-0.25, -0.2) is 4.98 Å². The van der Waals surface area contributed by atoms with Crippen molar-refractivity contribution in [2.75, 3.05) is 26.2 Å². The van der Waals surface area contributed by atoms with Crippen molar-refractivity contribution in [2.45, 2.75) is 32.1 Å². The smallest absolute Gasteiger partial charge is 0.0971 e. The van der Waals surface area contributed by atoms with E-state index in [9.17, 15) is 0 Å². The van der Waals surface area contributed by atoms with E-state index < -0.39 is 0 Å². The molecular formula is C13H23N3S. The third-order valence-corrected chi connectivity index (χ3v) is 4.67. The number of hydrogen-bond acceptors (Lipinski definition) is 4. The average molecular weight is 253 g/mol. The second kappa shape index (κ2) is 6.47. The minimum atomic E-state index is 0.485. The lowest BCUT2D eigenvalue weighted by molar-refractivity contribution is 0.169. The lowest BCUT2D eigenvalue weighted by Gasteiger charge is -2.34. The Hall–Kier alpha value is -0.450. The van der Waals surface area contributed by atoms with Crippen LogP contribution in [0.1, 0.15) is 37.1 Å². The Balaban J connectivity index is 1.90. The number of rotatable bonds is 5. The van der Waals surface area contributed by atoms with Crippen LogP contribution in [0.4, 0.5) is 0 Å². The molecule has 0 radical (unpaired) electrons. The number of hydrogen-bond donors (Lipinski definition) is 1. The maximum absolute atomic E-state index is 5.94. The highest BCUT2D eigenvalue weighted by Crippen LogP contribution is 2.32. The Kier molecular flexibility index (Phi) is 4.95. The van der Waals surface area contributed by atoms with Crippen molar-refractivity contribution in [1.82, 2.24) is 9.88 Å². The predicted molar refractivity (Wildman–Crippen MR) is 73.4 cm³/mol. The van der Waals surface area contributed by atoms with Crippen LogP contribution in [-0.2, 0) is 0 Å². The van der Waals surface area contributed by atoms with Gasteiger partial charge < -0.3 is 10.6 Å². The molecule has 2 N–H and O–H groups in total. The molecule has 1 saturated heterocycles. The van der Waals surface area contributed by atoms with E-state index in [2.05, 4.69) is 22.2 Å². The van der Waals surface area contributed by atoms with E-state index in [-0.39, 0.29) is 0 Å². The Bertz CT molecular complexity index is 304. The van der Waals surface area contributed by atoms with Crippen LogP contribution in [0.25, 0.3) is 0 Å². The van der Waals surface area contributed by atoms with Crippen molar-refractivity contribution in [3.05, 3.63) is 16.6 Å². The van der Waals surface area contributed by atoms with Crippen molar-refractivity contribution in [3.63, 3.8) is 0 Å². The number of aromatic nitrogens is 1. The van der Waals surface area contributed by atoms with Gasteiger partial charge in [-0.1, -0.05) is 6.92 Å². The molecule has 0 aliphatic carbocycles. The van der Waals surface area contributed by atoms with Gasteiger partial charge in [0.05, 0.1) is 5.01 Å². The fourth-order valence-electron chi connectivity index (χ4n) is 2.81. The summed E-state index contributed by atoms with van der Waals surface area (Å²) in [6.07, 6.45) is 5.72. The maximum atomic E-state index is 5.94. The van der Waals surface area contributed by atoms with E-state index in [1.807, 2.05) is 6.20 Å². The largest absolute Gasteiger partial charge is 0.330 e. The molecule has 2 heterocycles. The molecule has 1 aromatic rings. The monoisotopic (exact) mass is 253 g/mol. The van der Waals surface area contributed by atoms with Crippen molar-refractivity contribution in [3.8, 4) is 0 Å². The zero-order valence-electron chi connectivity index (χ0n) is 10.6. The van der Waals surface area contributed by atoms with E-state index in [1.54, 1.807) is 11.3 Å².